The first-order chi connectivity index (χ1) is 12.8. The van der Waals surface area contributed by atoms with Gasteiger partial charge in [0.05, 0.1) is 12.7 Å². The summed E-state index contributed by atoms with van der Waals surface area (Å²) >= 11 is 0. The van der Waals surface area contributed by atoms with E-state index in [9.17, 15) is 20.1 Å². The molecule has 0 amide bonds. The van der Waals surface area contributed by atoms with E-state index in [1.54, 1.807) is 0 Å². The second kappa shape index (κ2) is 7.07. The van der Waals surface area contributed by atoms with Crippen LogP contribution in [0.1, 0.15) is 19.4 Å². The van der Waals surface area contributed by atoms with Crippen molar-refractivity contribution in [2.75, 3.05) is 7.11 Å². The first-order valence-electron chi connectivity index (χ1n) is 8.33. The number of fused-ring (bicyclic) bond motifs is 1. The molecule has 6 nitrogen and oxygen atoms in total. The van der Waals surface area contributed by atoms with Crippen LogP contribution in [0.5, 0.6) is 23.0 Å². The van der Waals surface area contributed by atoms with Crippen molar-refractivity contribution in [1.82, 2.24) is 0 Å². The molecule has 0 aliphatic rings. The van der Waals surface area contributed by atoms with Crippen molar-refractivity contribution < 1.29 is 24.5 Å². The lowest BCUT2D eigenvalue weighted by Gasteiger charge is -2.12. The summed E-state index contributed by atoms with van der Waals surface area (Å²) in [6, 6.07) is 5.33. The Morgan fingerprint density at radius 1 is 1.11 bits per heavy atom. The molecule has 0 spiro atoms. The van der Waals surface area contributed by atoms with Gasteiger partial charge in [0.2, 0.25) is 5.43 Å². The highest BCUT2D eigenvalue weighted by Gasteiger charge is 2.20. The minimum absolute atomic E-state index is 0.0276. The summed E-state index contributed by atoms with van der Waals surface area (Å²) in [6.45, 7) is 3.87. The summed E-state index contributed by atoms with van der Waals surface area (Å²) in [5.41, 5.74) is 1.71. The van der Waals surface area contributed by atoms with E-state index in [-0.39, 0.29) is 45.1 Å². The van der Waals surface area contributed by atoms with Gasteiger partial charge < -0.3 is 24.5 Å². The Labute approximate surface area is 155 Å². The van der Waals surface area contributed by atoms with E-state index in [0.717, 1.165) is 11.6 Å². The zero-order valence-electron chi connectivity index (χ0n) is 15.2. The van der Waals surface area contributed by atoms with Crippen LogP contribution in [0.25, 0.3) is 22.1 Å². The Morgan fingerprint density at radius 3 is 2.48 bits per heavy atom. The number of allylic oxidation sites excluding steroid dienone is 2. The number of benzene rings is 2. The standard InChI is InChI=1S/C21H20O6/c1-11(2)4-6-14-17(24)9-18(26-3)19-20(25)15(10-27-21(14)19)13-7-5-12(22)8-16(13)23/h4-5,7-10,22-24H,6H2,1-3H3. The Kier molecular flexibility index (Phi) is 4.81. The number of rotatable bonds is 4. The molecule has 0 saturated carbocycles. The summed E-state index contributed by atoms with van der Waals surface area (Å²) in [4.78, 5) is 13.1. The molecule has 0 aliphatic carbocycles. The van der Waals surface area contributed by atoms with E-state index < -0.39 is 5.43 Å². The fraction of sp³-hybridized carbons (Fsp3) is 0.190. The van der Waals surface area contributed by atoms with E-state index in [4.69, 9.17) is 9.15 Å². The summed E-state index contributed by atoms with van der Waals surface area (Å²) < 4.78 is 11.0. The third-order valence-electron chi connectivity index (χ3n) is 4.30. The van der Waals surface area contributed by atoms with Crippen LogP contribution in [0.2, 0.25) is 0 Å². The van der Waals surface area contributed by atoms with Gasteiger partial charge in [0, 0.05) is 23.3 Å². The number of aromatic hydroxyl groups is 3. The van der Waals surface area contributed by atoms with E-state index in [2.05, 4.69) is 0 Å². The molecule has 3 aromatic rings. The van der Waals surface area contributed by atoms with Crippen molar-refractivity contribution in [2.24, 2.45) is 0 Å². The average molecular weight is 368 g/mol. The van der Waals surface area contributed by atoms with Gasteiger partial charge in [0.25, 0.3) is 0 Å². The lowest BCUT2D eigenvalue weighted by molar-refractivity contribution is 0.410. The molecule has 1 aromatic heterocycles. The molecule has 0 saturated heterocycles. The molecule has 140 valence electrons. The van der Waals surface area contributed by atoms with Crippen LogP contribution in [-0.2, 0) is 6.42 Å². The number of ether oxygens (including phenoxy) is 1. The van der Waals surface area contributed by atoms with Gasteiger partial charge in [-0.3, -0.25) is 4.79 Å². The van der Waals surface area contributed by atoms with Gasteiger partial charge in [0.1, 0.15) is 40.2 Å². The number of hydrogen-bond acceptors (Lipinski definition) is 6. The summed E-state index contributed by atoms with van der Waals surface area (Å²) in [7, 11) is 1.40. The fourth-order valence-electron chi connectivity index (χ4n) is 2.91. The largest absolute Gasteiger partial charge is 0.508 e. The number of methoxy groups -OCH3 is 1. The maximum Gasteiger partial charge on any atom is 0.204 e. The molecule has 3 rings (SSSR count). The molecule has 0 bridgehead atoms. The molecule has 0 fully saturated rings. The normalized spacial score (nSPS) is 10.8. The molecule has 0 radical (unpaired) electrons. The zero-order valence-corrected chi connectivity index (χ0v) is 15.2. The van der Waals surface area contributed by atoms with E-state index in [0.29, 0.717) is 12.0 Å². The molecule has 27 heavy (non-hydrogen) atoms. The second-order valence-electron chi connectivity index (χ2n) is 6.45. The average Bonchev–Trinajstić information content (AvgIpc) is 2.61. The molecular formula is C21H20O6. The van der Waals surface area contributed by atoms with Gasteiger partial charge in [-0.1, -0.05) is 11.6 Å². The number of hydrogen-bond donors (Lipinski definition) is 3. The molecule has 6 heteroatoms. The highest BCUT2D eigenvalue weighted by Crippen LogP contribution is 2.37. The van der Waals surface area contributed by atoms with Crippen molar-refractivity contribution in [3.63, 3.8) is 0 Å². The highest BCUT2D eigenvalue weighted by atomic mass is 16.5. The SMILES string of the molecule is COc1cc(O)c(CC=C(C)C)c2occ(-c3ccc(O)cc3O)c(=O)c12. The monoisotopic (exact) mass is 368 g/mol. The summed E-state index contributed by atoms with van der Waals surface area (Å²) in [6.07, 6.45) is 3.55. The third kappa shape index (κ3) is 3.33. The van der Waals surface area contributed by atoms with Gasteiger partial charge in [-0.15, -0.1) is 0 Å². The van der Waals surface area contributed by atoms with Crippen molar-refractivity contribution in [3.05, 3.63) is 58.0 Å². The van der Waals surface area contributed by atoms with Crippen molar-refractivity contribution in [1.29, 1.82) is 0 Å². The van der Waals surface area contributed by atoms with Crippen molar-refractivity contribution in [2.45, 2.75) is 20.3 Å². The predicted octanol–water partition coefficient (Wildman–Crippen LogP) is 4.09. The van der Waals surface area contributed by atoms with Crippen LogP contribution in [0, 0.1) is 0 Å². The molecule has 2 aromatic carbocycles. The minimum atomic E-state index is -0.410. The second-order valence-corrected chi connectivity index (χ2v) is 6.45. The number of phenols is 3. The summed E-state index contributed by atoms with van der Waals surface area (Å²) in [5.74, 6) is -0.213. The predicted molar refractivity (Wildman–Crippen MR) is 103 cm³/mol. The molecule has 0 aliphatic heterocycles. The lowest BCUT2D eigenvalue weighted by Crippen LogP contribution is -2.08. The maximum atomic E-state index is 13.1. The highest BCUT2D eigenvalue weighted by molar-refractivity contribution is 5.91. The third-order valence-corrected chi connectivity index (χ3v) is 4.30. The van der Waals surface area contributed by atoms with Gasteiger partial charge in [-0.2, -0.15) is 0 Å². The first kappa shape index (κ1) is 18.4. The van der Waals surface area contributed by atoms with Crippen LogP contribution >= 0.6 is 0 Å². The number of phenolic OH excluding ortho intramolecular Hbond substituents is 3. The van der Waals surface area contributed by atoms with Crippen LogP contribution in [0.15, 0.2) is 51.4 Å². The molecule has 0 unspecified atom stereocenters. The van der Waals surface area contributed by atoms with Gasteiger partial charge in [-0.05, 0) is 32.4 Å². The topological polar surface area (TPSA) is 100 Å². The van der Waals surface area contributed by atoms with Gasteiger partial charge >= 0.3 is 0 Å². The van der Waals surface area contributed by atoms with Gasteiger partial charge in [0.15, 0.2) is 0 Å². The van der Waals surface area contributed by atoms with Crippen LogP contribution in [0.4, 0.5) is 0 Å². The van der Waals surface area contributed by atoms with E-state index in [1.165, 1.54) is 31.6 Å². The quantitative estimate of drug-likeness (QED) is 0.600. The Morgan fingerprint density at radius 2 is 1.85 bits per heavy atom. The Balaban J connectivity index is 2.33. The van der Waals surface area contributed by atoms with Crippen LogP contribution < -0.4 is 10.2 Å². The van der Waals surface area contributed by atoms with Crippen LogP contribution in [-0.4, -0.2) is 22.4 Å². The van der Waals surface area contributed by atoms with Crippen molar-refractivity contribution >= 4 is 11.0 Å². The molecule has 0 atom stereocenters. The molecule has 3 N–H and O–H groups in total. The first-order valence-corrected chi connectivity index (χ1v) is 8.33. The van der Waals surface area contributed by atoms with Gasteiger partial charge in [-0.25, -0.2) is 0 Å². The maximum absolute atomic E-state index is 13.1. The fourth-order valence-corrected chi connectivity index (χ4v) is 2.91. The summed E-state index contributed by atoms with van der Waals surface area (Å²) in [5, 5.41) is 30.1. The minimum Gasteiger partial charge on any atom is -0.508 e. The van der Waals surface area contributed by atoms with E-state index in [1.807, 2.05) is 19.9 Å². The zero-order chi connectivity index (χ0) is 19.7. The molecule has 1 heterocycles. The Hall–Kier alpha value is -3.41. The van der Waals surface area contributed by atoms with Crippen molar-refractivity contribution in [3.8, 4) is 34.1 Å². The van der Waals surface area contributed by atoms with E-state index >= 15 is 0 Å². The lowest BCUT2D eigenvalue weighted by atomic mass is 10.0. The Bertz CT molecular complexity index is 1100. The molecular weight excluding hydrogens is 348 g/mol. The van der Waals surface area contributed by atoms with Crippen LogP contribution in [0.3, 0.4) is 0 Å². The smallest absolute Gasteiger partial charge is 0.204 e.